The summed E-state index contributed by atoms with van der Waals surface area (Å²) in [6.07, 6.45) is 5.19. The molecular formula is C25H40N4O3S. The van der Waals surface area contributed by atoms with Gasteiger partial charge in [-0.15, -0.1) is 0 Å². The van der Waals surface area contributed by atoms with Crippen molar-refractivity contribution < 1.29 is 14.3 Å². The second-order valence-corrected chi connectivity index (χ2v) is 9.39. The summed E-state index contributed by atoms with van der Waals surface area (Å²) in [6, 6.07) is 2.11. The van der Waals surface area contributed by atoms with Gasteiger partial charge in [-0.1, -0.05) is 43.9 Å². The number of ketones is 1. The third-order valence-electron chi connectivity index (χ3n) is 5.28. The zero-order valence-electron chi connectivity index (χ0n) is 20.6. The predicted octanol–water partition coefficient (Wildman–Crippen LogP) is 3.20. The van der Waals surface area contributed by atoms with Crippen molar-refractivity contribution in [2.24, 2.45) is 0 Å². The molecule has 2 saturated heterocycles. The Labute approximate surface area is 204 Å². The fourth-order valence-corrected chi connectivity index (χ4v) is 4.39. The molecule has 0 saturated carbocycles. The number of Topliss-reactive ketones (excluding diaryl/α,β-unsaturated/α-hetero) is 1. The predicted molar refractivity (Wildman–Crippen MR) is 133 cm³/mol. The van der Waals surface area contributed by atoms with Crippen LogP contribution >= 0.6 is 11.8 Å². The van der Waals surface area contributed by atoms with E-state index in [0.29, 0.717) is 6.54 Å². The Morgan fingerprint density at radius 1 is 1.03 bits per heavy atom. The van der Waals surface area contributed by atoms with E-state index in [-0.39, 0.29) is 5.78 Å². The monoisotopic (exact) mass is 476 g/mol. The SMILES string of the molecule is CC(=O)C#CCN1CCOCC1.CCCCCCSc1nc(C)cc(CN2CCOCC2)n1. The highest BCUT2D eigenvalue weighted by Crippen LogP contribution is 2.17. The van der Waals surface area contributed by atoms with Crippen LogP contribution in [0.15, 0.2) is 11.2 Å². The molecule has 8 heteroatoms. The van der Waals surface area contributed by atoms with E-state index in [4.69, 9.17) is 14.5 Å². The lowest BCUT2D eigenvalue weighted by Gasteiger charge is -2.26. The summed E-state index contributed by atoms with van der Waals surface area (Å²) in [6.45, 7) is 14.5. The minimum absolute atomic E-state index is 0.0664. The largest absolute Gasteiger partial charge is 0.379 e. The van der Waals surface area contributed by atoms with Crippen LogP contribution in [0.25, 0.3) is 0 Å². The fraction of sp³-hybridized carbons (Fsp3) is 0.720. The van der Waals surface area contributed by atoms with Gasteiger partial charge in [0.25, 0.3) is 0 Å². The maximum atomic E-state index is 10.5. The molecule has 2 fully saturated rings. The Morgan fingerprint density at radius 3 is 2.33 bits per heavy atom. The molecule has 2 aliphatic rings. The Hall–Kier alpha value is -1.50. The maximum absolute atomic E-state index is 10.5. The van der Waals surface area contributed by atoms with Gasteiger partial charge in [0.05, 0.1) is 38.7 Å². The lowest BCUT2D eigenvalue weighted by molar-refractivity contribution is -0.111. The summed E-state index contributed by atoms with van der Waals surface area (Å²) in [7, 11) is 0. The molecule has 0 amide bonds. The standard InChI is InChI=1S/C16H27N3OS.C9H13NO2/c1-3-4-5-6-11-21-16-17-14(2)12-15(18-16)13-19-7-9-20-10-8-19;1-9(11)3-2-4-10-5-7-12-8-6-10/h12H,3-11,13H2,1-2H3;4-8H2,1H3. The van der Waals surface area contributed by atoms with E-state index in [1.807, 2.05) is 0 Å². The lowest BCUT2D eigenvalue weighted by atomic mass is 10.2. The van der Waals surface area contributed by atoms with Gasteiger partial charge in [0.2, 0.25) is 5.78 Å². The van der Waals surface area contributed by atoms with Crippen molar-refractivity contribution in [1.29, 1.82) is 0 Å². The number of unbranched alkanes of at least 4 members (excludes halogenated alkanes) is 3. The van der Waals surface area contributed by atoms with E-state index in [1.165, 1.54) is 32.6 Å². The Kier molecular flexibility index (Phi) is 14.3. The van der Waals surface area contributed by atoms with Crippen molar-refractivity contribution in [3.63, 3.8) is 0 Å². The van der Waals surface area contributed by atoms with Crippen LogP contribution in [0.3, 0.4) is 0 Å². The van der Waals surface area contributed by atoms with Gasteiger partial charge >= 0.3 is 0 Å². The molecule has 0 radical (unpaired) electrons. The normalized spacial score (nSPS) is 16.9. The second-order valence-electron chi connectivity index (χ2n) is 8.33. The lowest BCUT2D eigenvalue weighted by Crippen LogP contribution is -2.36. The van der Waals surface area contributed by atoms with Crippen LogP contribution < -0.4 is 0 Å². The Balaban J connectivity index is 0.000000273. The van der Waals surface area contributed by atoms with E-state index < -0.39 is 0 Å². The number of ether oxygens (including phenoxy) is 2. The third-order valence-corrected chi connectivity index (χ3v) is 6.21. The summed E-state index contributed by atoms with van der Waals surface area (Å²) < 4.78 is 10.6. The minimum atomic E-state index is -0.0664. The summed E-state index contributed by atoms with van der Waals surface area (Å²) >= 11 is 1.80. The Bertz CT molecular complexity index is 754. The zero-order chi connectivity index (χ0) is 23.7. The van der Waals surface area contributed by atoms with Crippen molar-refractivity contribution >= 4 is 17.5 Å². The molecule has 2 aliphatic heterocycles. The molecule has 0 N–H and O–H groups in total. The van der Waals surface area contributed by atoms with Crippen LogP contribution in [-0.4, -0.2) is 90.5 Å². The summed E-state index contributed by atoms with van der Waals surface area (Å²) in [5.41, 5.74) is 2.21. The molecule has 184 valence electrons. The van der Waals surface area contributed by atoms with Crippen molar-refractivity contribution in [3.8, 4) is 11.8 Å². The number of morpholine rings is 2. The first-order valence-corrected chi connectivity index (χ1v) is 13.1. The number of nitrogens with zero attached hydrogens (tertiary/aromatic N) is 4. The fourth-order valence-electron chi connectivity index (χ4n) is 3.47. The quantitative estimate of drug-likeness (QED) is 0.177. The number of rotatable bonds is 9. The molecule has 3 heterocycles. The molecule has 0 unspecified atom stereocenters. The van der Waals surface area contributed by atoms with Crippen LogP contribution in [0.5, 0.6) is 0 Å². The number of hydrogen-bond donors (Lipinski definition) is 0. The van der Waals surface area contributed by atoms with E-state index in [9.17, 15) is 4.79 Å². The summed E-state index contributed by atoms with van der Waals surface area (Å²) in [5, 5.41) is 0.940. The first-order valence-electron chi connectivity index (χ1n) is 12.1. The average Bonchev–Trinajstić information content (AvgIpc) is 2.80. The number of carbonyl (C=O) groups excluding carboxylic acids is 1. The van der Waals surface area contributed by atoms with Gasteiger partial charge in [0, 0.05) is 51.1 Å². The summed E-state index contributed by atoms with van der Waals surface area (Å²) in [5.74, 6) is 6.41. The van der Waals surface area contributed by atoms with Crippen LogP contribution in [0.2, 0.25) is 0 Å². The highest BCUT2D eigenvalue weighted by molar-refractivity contribution is 7.99. The van der Waals surface area contributed by atoms with Crippen molar-refractivity contribution in [2.75, 3.05) is 64.9 Å². The zero-order valence-corrected chi connectivity index (χ0v) is 21.4. The van der Waals surface area contributed by atoms with E-state index >= 15 is 0 Å². The van der Waals surface area contributed by atoms with Gasteiger partial charge in [-0.05, 0) is 25.3 Å². The van der Waals surface area contributed by atoms with Crippen molar-refractivity contribution in [3.05, 3.63) is 17.5 Å². The van der Waals surface area contributed by atoms with Crippen LogP contribution in [0, 0.1) is 18.8 Å². The van der Waals surface area contributed by atoms with Crippen molar-refractivity contribution in [2.45, 2.75) is 58.2 Å². The molecule has 1 aromatic heterocycles. The number of thioether (sulfide) groups is 1. The molecule has 0 spiro atoms. The van der Waals surface area contributed by atoms with Gasteiger partial charge in [0.1, 0.15) is 0 Å². The smallest absolute Gasteiger partial charge is 0.202 e. The van der Waals surface area contributed by atoms with E-state index in [2.05, 4.69) is 46.5 Å². The van der Waals surface area contributed by atoms with Crippen LogP contribution in [0.1, 0.15) is 50.9 Å². The molecule has 0 aromatic carbocycles. The number of carbonyl (C=O) groups is 1. The topological polar surface area (TPSA) is 67.8 Å². The molecule has 0 bridgehead atoms. The number of aromatic nitrogens is 2. The molecular weight excluding hydrogens is 436 g/mol. The van der Waals surface area contributed by atoms with Gasteiger partial charge in [0.15, 0.2) is 5.16 Å². The number of hydrogen-bond acceptors (Lipinski definition) is 8. The average molecular weight is 477 g/mol. The van der Waals surface area contributed by atoms with E-state index in [1.54, 1.807) is 11.8 Å². The third kappa shape index (κ3) is 13.1. The molecule has 7 nitrogen and oxygen atoms in total. The molecule has 0 atom stereocenters. The van der Waals surface area contributed by atoms with Crippen LogP contribution in [-0.2, 0) is 20.8 Å². The molecule has 0 aliphatic carbocycles. The van der Waals surface area contributed by atoms with Gasteiger partial charge in [-0.2, -0.15) is 0 Å². The molecule has 1 aromatic rings. The Morgan fingerprint density at radius 2 is 1.70 bits per heavy atom. The van der Waals surface area contributed by atoms with Crippen molar-refractivity contribution in [1.82, 2.24) is 19.8 Å². The molecule has 33 heavy (non-hydrogen) atoms. The van der Waals surface area contributed by atoms with Gasteiger partial charge in [-0.3, -0.25) is 14.6 Å². The van der Waals surface area contributed by atoms with Gasteiger partial charge in [-0.25, -0.2) is 9.97 Å². The first kappa shape index (κ1) is 27.7. The highest BCUT2D eigenvalue weighted by Gasteiger charge is 2.12. The van der Waals surface area contributed by atoms with E-state index in [0.717, 1.165) is 81.4 Å². The highest BCUT2D eigenvalue weighted by atomic mass is 32.2. The second kappa shape index (κ2) is 17.0. The van der Waals surface area contributed by atoms with Gasteiger partial charge < -0.3 is 9.47 Å². The first-order chi connectivity index (χ1) is 16.1. The van der Waals surface area contributed by atoms with Crippen LogP contribution in [0.4, 0.5) is 0 Å². The molecule has 3 rings (SSSR count). The maximum Gasteiger partial charge on any atom is 0.202 e. The summed E-state index contributed by atoms with van der Waals surface area (Å²) in [4.78, 5) is 24.3. The minimum Gasteiger partial charge on any atom is -0.379 e. The number of aryl methyl sites for hydroxylation is 1.